The van der Waals surface area contributed by atoms with E-state index in [1.165, 1.54) is 5.56 Å². The van der Waals surface area contributed by atoms with Crippen molar-refractivity contribution in [3.05, 3.63) is 27.9 Å². The highest BCUT2D eigenvalue weighted by molar-refractivity contribution is 7.98. The zero-order chi connectivity index (χ0) is 14.4. The molecule has 3 heterocycles. The lowest BCUT2D eigenvalue weighted by Crippen LogP contribution is -2.28. The van der Waals surface area contributed by atoms with Crippen molar-refractivity contribution in [2.75, 3.05) is 24.5 Å². The molecule has 0 bridgehead atoms. The van der Waals surface area contributed by atoms with Gasteiger partial charge in [0.1, 0.15) is 0 Å². The molecule has 2 aliphatic heterocycles. The molecule has 21 heavy (non-hydrogen) atoms. The van der Waals surface area contributed by atoms with E-state index >= 15 is 0 Å². The molecule has 1 unspecified atom stereocenters. The number of H-pyrrole nitrogens is 1. The minimum Gasteiger partial charge on any atom is -0.381 e. The van der Waals surface area contributed by atoms with E-state index in [0.29, 0.717) is 16.0 Å². The first kappa shape index (κ1) is 14.0. The van der Waals surface area contributed by atoms with Crippen LogP contribution in [0.2, 0.25) is 10.0 Å². The highest BCUT2D eigenvalue weighted by Gasteiger charge is 2.25. The number of nitrogens with one attached hydrogen (secondary N) is 2. The van der Waals surface area contributed by atoms with Gasteiger partial charge in [0.15, 0.2) is 0 Å². The Morgan fingerprint density at radius 1 is 1.38 bits per heavy atom. The Balaban J connectivity index is 1.63. The predicted octanol–water partition coefficient (Wildman–Crippen LogP) is 4.30. The largest absolute Gasteiger partial charge is 0.381 e. The molecule has 1 saturated heterocycles. The molecule has 112 valence electrons. The molecule has 0 spiro atoms. The number of ether oxygens (including phenoxy) is 1. The summed E-state index contributed by atoms with van der Waals surface area (Å²) in [5.74, 6) is 0.625. The van der Waals surface area contributed by atoms with Crippen LogP contribution in [0, 0.1) is 5.92 Å². The predicted molar refractivity (Wildman–Crippen MR) is 88.9 cm³/mol. The summed E-state index contributed by atoms with van der Waals surface area (Å²) in [5.41, 5.74) is 3.27. The molecule has 1 fully saturated rings. The molecule has 4 rings (SSSR count). The molecule has 0 aliphatic carbocycles. The van der Waals surface area contributed by atoms with Crippen LogP contribution in [0.25, 0.3) is 10.9 Å². The van der Waals surface area contributed by atoms with Gasteiger partial charge >= 0.3 is 0 Å². The molecule has 4 nitrogen and oxygen atoms in total. The van der Waals surface area contributed by atoms with Gasteiger partial charge in [-0.1, -0.05) is 23.2 Å². The first-order valence-corrected chi connectivity index (χ1v) is 8.49. The SMILES string of the molecule is Clc1c[nH]c2c3c(cc(Cl)c12)CN(CC1CCOC1)SN3. The Kier molecular flexibility index (Phi) is 3.71. The smallest absolute Gasteiger partial charge is 0.0742 e. The standard InChI is InChI=1S/C14H15Cl2N3OS/c15-10-3-9-6-19(5-8-1-2-20-7-8)21-18-13(9)14-12(10)11(16)4-17-14/h3-4,8,17-18H,1-2,5-7H2. The second kappa shape index (κ2) is 5.56. The summed E-state index contributed by atoms with van der Waals surface area (Å²) < 4.78 is 11.2. The van der Waals surface area contributed by atoms with E-state index in [1.807, 2.05) is 6.07 Å². The van der Waals surface area contributed by atoms with Crippen LogP contribution in [0.3, 0.4) is 0 Å². The number of benzene rings is 1. The minimum absolute atomic E-state index is 0.625. The summed E-state index contributed by atoms with van der Waals surface area (Å²) in [5, 5.41) is 2.26. The van der Waals surface area contributed by atoms with E-state index in [0.717, 1.165) is 49.3 Å². The van der Waals surface area contributed by atoms with Crippen LogP contribution >= 0.6 is 35.3 Å². The van der Waals surface area contributed by atoms with Crippen molar-refractivity contribution in [1.29, 1.82) is 0 Å². The van der Waals surface area contributed by atoms with Crippen molar-refractivity contribution in [1.82, 2.24) is 9.29 Å². The molecular weight excluding hydrogens is 329 g/mol. The Labute approximate surface area is 137 Å². The number of nitrogens with zero attached hydrogens (tertiary/aromatic N) is 1. The molecule has 0 saturated carbocycles. The monoisotopic (exact) mass is 343 g/mol. The van der Waals surface area contributed by atoms with Gasteiger partial charge in [-0.15, -0.1) is 0 Å². The number of hydrogen-bond acceptors (Lipinski definition) is 4. The molecule has 2 N–H and O–H groups in total. The molecule has 0 amide bonds. The first-order chi connectivity index (χ1) is 10.2. The zero-order valence-electron chi connectivity index (χ0n) is 11.3. The van der Waals surface area contributed by atoms with E-state index in [-0.39, 0.29) is 0 Å². The molecule has 1 atom stereocenters. The highest BCUT2D eigenvalue weighted by Crippen LogP contribution is 2.41. The average Bonchev–Trinajstić information content (AvgIpc) is 3.09. The Morgan fingerprint density at radius 2 is 2.29 bits per heavy atom. The second-order valence-corrected chi connectivity index (χ2v) is 7.24. The van der Waals surface area contributed by atoms with E-state index in [4.69, 9.17) is 27.9 Å². The van der Waals surface area contributed by atoms with Crippen LogP contribution in [0.5, 0.6) is 0 Å². The number of aromatic nitrogens is 1. The lowest BCUT2D eigenvalue weighted by Gasteiger charge is -2.30. The van der Waals surface area contributed by atoms with Crippen LogP contribution in [0.15, 0.2) is 12.3 Å². The van der Waals surface area contributed by atoms with Crippen molar-refractivity contribution in [2.24, 2.45) is 5.92 Å². The Hall–Kier alpha value is -0.590. The van der Waals surface area contributed by atoms with Crippen LogP contribution in [0.1, 0.15) is 12.0 Å². The summed E-state index contributed by atoms with van der Waals surface area (Å²) in [6, 6.07) is 2.02. The van der Waals surface area contributed by atoms with E-state index in [2.05, 4.69) is 14.0 Å². The topological polar surface area (TPSA) is 40.3 Å². The van der Waals surface area contributed by atoms with Crippen LogP contribution in [-0.4, -0.2) is 29.0 Å². The summed E-state index contributed by atoms with van der Waals surface area (Å²) >= 11 is 14.2. The normalized spacial score (nSPS) is 22.5. The van der Waals surface area contributed by atoms with Crippen LogP contribution in [-0.2, 0) is 11.3 Å². The van der Waals surface area contributed by atoms with Crippen molar-refractivity contribution in [2.45, 2.75) is 13.0 Å². The zero-order valence-corrected chi connectivity index (χ0v) is 13.6. The number of hydrogen-bond donors (Lipinski definition) is 2. The summed E-state index contributed by atoms with van der Waals surface area (Å²) in [7, 11) is 0. The summed E-state index contributed by atoms with van der Waals surface area (Å²) in [6.07, 6.45) is 2.93. The third kappa shape index (κ3) is 2.51. The molecular formula is C14H15Cl2N3OS. The summed E-state index contributed by atoms with van der Waals surface area (Å²) in [4.78, 5) is 3.21. The fourth-order valence-electron chi connectivity index (χ4n) is 2.98. The maximum Gasteiger partial charge on any atom is 0.0742 e. The number of anilines is 1. The summed E-state index contributed by atoms with van der Waals surface area (Å²) in [6.45, 7) is 3.66. The second-order valence-electron chi connectivity index (χ2n) is 5.52. The maximum absolute atomic E-state index is 6.38. The van der Waals surface area contributed by atoms with Crippen molar-refractivity contribution < 1.29 is 4.74 Å². The minimum atomic E-state index is 0.625. The van der Waals surface area contributed by atoms with Crippen LogP contribution in [0.4, 0.5) is 5.69 Å². The number of halogens is 2. The van der Waals surface area contributed by atoms with E-state index in [9.17, 15) is 0 Å². The van der Waals surface area contributed by atoms with E-state index in [1.54, 1.807) is 18.3 Å². The Morgan fingerprint density at radius 3 is 3.10 bits per heavy atom. The molecule has 7 heteroatoms. The van der Waals surface area contributed by atoms with Gasteiger partial charge in [0, 0.05) is 43.4 Å². The van der Waals surface area contributed by atoms with Gasteiger partial charge in [-0.25, -0.2) is 4.31 Å². The third-order valence-electron chi connectivity index (χ3n) is 4.05. The number of rotatable bonds is 2. The molecule has 2 aromatic rings. The molecule has 2 aliphatic rings. The number of fused-ring (bicyclic) bond motifs is 3. The highest BCUT2D eigenvalue weighted by atomic mass is 35.5. The Bertz CT molecular complexity index is 684. The van der Waals surface area contributed by atoms with Gasteiger partial charge in [-0.05, 0) is 24.0 Å². The fraction of sp³-hybridized carbons (Fsp3) is 0.429. The van der Waals surface area contributed by atoms with Crippen LogP contribution < -0.4 is 4.72 Å². The van der Waals surface area contributed by atoms with Gasteiger partial charge in [0.2, 0.25) is 0 Å². The lowest BCUT2D eigenvalue weighted by molar-refractivity contribution is 0.181. The van der Waals surface area contributed by atoms with Crippen molar-refractivity contribution in [3.63, 3.8) is 0 Å². The fourth-order valence-corrected chi connectivity index (χ4v) is 4.55. The van der Waals surface area contributed by atoms with Crippen molar-refractivity contribution in [3.8, 4) is 0 Å². The molecule has 1 aromatic heterocycles. The van der Waals surface area contributed by atoms with E-state index < -0.39 is 0 Å². The van der Waals surface area contributed by atoms with Gasteiger partial charge in [-0.3, -0.25) is 0 Å². The van der Waals surface area contributed by atoms with Crippen molar-refractivity contribution >= 4 is 51.9 Å². The van der Waals surface area contributed by atoms with Gasteiger partial charge in [0.25, 0.3) is 0 Å². The van der Waals surface area contributed by atoms with Gasteiger partial charge in [-0.2, -0.15) is 0 Å². The molecule has 0 radical (unpaired) electrons. The third-order valence-corrected chi connectivity index (χ3v) is 5.48. The lowest BCUT2D eigenvalue weighted by atomic mass is 10.1. The first-order valence-electron chi connectivity index (χ1n) is 6.96. The van der Waals surface area contributed by atoms with Gasteiger partial charge < -0.3 is 14.4 Å². The van der Waals surface area contributed by atoms with Gasteiger partial charge in [0.05, 0.1) is 27.9 Å². The maximum atomic E-state index is 6.38. The molecule has 1 aromatic carbocycles. The quantitative estimate of drug-likeness (QED) is 0.797. The number of aromatic amines is 1. The average molecular weight is 344 g/mol.